The van der Waals surface area contributed by atoms with Gasteiger partial charge in [-0.3, -0.25) is 10.1 Å². The molecular formula is C18H11N3O4. The Balaban J connectivity index is 1.69. The van der Waals surface area contributed by atoms with Crippen molar-refractivity contribution in [3.8, 4) is 22.6 Å². The monoisotopic (exact) mass is 333 g/mol. The van der Waals surface area contributed by atoms with E-state index >= 15 is 0 Å². The van der Waals surface area contributed by atoms with Crippen molar-refractivity contribution in [1.82, 2.24) is 10.3 Å². The Bertz CT molecular complexity index is 1040. The molecule has 0 aliphatic heterocycles. The summed E-state index contributed by atoms with van der Waals surface area (Å²) in [6, 6.07) is 19.8. The number of aromatic nitrogens is 2. The summed E-state index contributed by atoms with van der Waals surface area (Å²) < 4.78 is 10.4. The van der Waals surface area contributed by atoms with Crippen molar-refractivity contribution in [1.29, 1.82) is 0 Å². The molecule has 4 rings (SSSR count). The first-order valence-corrected chi connectivity index (χ1v) is 7.45. The second kappa shape index (κ2) is 6.04. The van der Waals surface area contributed by atoms with Crippen LogP contribution in [0.4, 0.5) is 5.69 Å². The summed E-state index contributed by atoms with van der Waals surface area (Å²) in [4.78, 5) is 10.6. The third-order valence-electron chi connectivity index (χ3n) is 3.74. The topological polar surface area (TPSA) is 91.3 Å². The van der Waals surface area contributed by atoms with E-state index in [1.54, 1.807) is 6.07 Å². The van der Waals surface area contributed by atoms with Gasteiger partial charge >= 0.3 is 5.69 Å². The maximum Gasteiger partial charge on any atom is 0.300 e. The van der Waals surface area contributed by atoms with Crippen LogP contribution < -0.4 is 4.74 Å². The first-order chi connectivity index (χ1) is 12.2. The van der Waals surface area contributed by atoms with E-state index in [1.807, 2.05) is 54.6 Å². The molecule has 0 atom stereocenters. The molecule has 7 heteroatoms. The summed E-state index contributed by atoms with van der Waals surface area (Å²) in [5, 5.41) is 18.5. The van der Waals surface area contributed by atoms with Crippen LogP contribution >= 0.6 is 0 Å². The molecule has 25 heavy (non-hydrogen) atoms. The van der Waals surface area contributed by atoms with E-state index in [0.717, 1.165) is 11.3 Å². The van der Waals surface area contributed by atoms with Gasteiger partial charge in [-0.15, -0.1) is 0 Å². The molecule has 0 radical (unpaired) electrons. The molecule has 0 unspecified atom stereocenters. The Hall–Kier alpha value is -3.74. The summed E-state index contributed by atoms with van der Waals surface area (Å²) in [6.45, 7) is 0. The molecule has 122 valence electrons. The van der Waals surface area contributed by atoms with Crippen LogP contribution in [0.25, 0.3) is 22.2 Å². The average Bonchev–Trinajstić information content (AvgIpc) is 3.12. The lowest BCUT2D eigenvalue weighted by Crippen LogP contribution is -1.91. The molecule has 0 bridgehead atoms. The second-order valence-electron chi connectivity index (χ2n) is 5.29. The SMILES string of the molecule is O=[N+]([O-])c1ccc(-c2ccc(Oc3ccccc3)cc2)c2nonc12. The van der Waals surface area contributed by atoms with Gasteiger partial charge in [-0.25, -0.2) is 4.63 Å². The Morgan fingerprint density at radius 1 is 0.840 bits per heavy atom. The van der Waals surface area contributed by atoms with Crippen molar-refractivity contribution >= 4 is 16.7 Å². The lowest BCUT2D eigenvalue weighted by molar-refractivity contribution is -0.383. The normalized spacial score (nSPS) is 10.7. The second-order valence-corrected chi connectivity index (χ2v) is 5.29. The fourth-order valence-corrected chi connectivity index (χ4v) is 2.56. The summed E-state index contributed by atoms with van der Waals surface area (Å²) in [5.41, 5.74) is 1.88. The number of fused-ring (bicyclic) bond motifs is 1. The predicted octanol–water partition coefficient (Wildman–Crippen LogP) is 4.59. The molecular weight excluding hydrogens is 322 g/mol. The smallest absolute Gasteiger partial charge is 0.300 e. The standard InChI is InChI=1S/C18H11N3O4/c22-21(23)16-11-10-15(17-18(16)20-25-19-17)12-6-8-14(9-7-12)24-13-4-2-1-3-5-13/h1-11H. The number of nitrogens with zero attached hydrogens (tertiary/aromatic N) is 3. The van der Waals surface area contributed by atoms with Crippen LogP contribution in [-0.2, 0) is 0 Å². The number of benzene rings is 3. The fourth-order valence-electron chi connectivity index (χ4n) is 2.56. The van der Waals surface area contributed by atoms with Crippen LogP contribution in [0.15, 0.2) is 71.4 Å². The summed E-state index contributed by atoms with van der Waals surface area (Å²) in [7, 11) is 0. The van der Waals surface area contributed by atoms with Gasteiger partial charge in [-0.05, 0) is 46.2 Å². The van der Waals surface area contributed by atoms with Crippen LogP contribution in [0.2, 0.25) is 0 Å². The minimum absolute atomic E-state index is 0.132. The molecule has 0 fully saturated rings. The molecule has 1 heterocycles. The Morgan fingerprint density at radius 3 is 2.24 bits per heavy atom. The van der Waals surface area contributed by atoms with Crippen LogP contribution in [-0.4, -0.2) is 15.2 Å². The van der Waals surface area contributed by atoms with Crippen molar-refractivity contribution in [2.24, 2.45) is 0 Å². The van der Waals surface area contributed by atoms with E-state index in [4.69, 9.17) is 9.37 Å². The van der Waals surface area contributed by atoms with E-state index in [9.17, 15) is 10.1 Å². The summed E-state index contributed by atoms with van der Waals surface area (Å²) in [6.07, 6.45) is 0. The van der Waals surface area contributed by atoms with Gasteiger partial charge in [0.15, 0.2) is 0 Å². The van der Waals surface area contributed by atoms with E-state index in [2.05, 4.69) is 10.3 Å². The number of hydrogen-bond acceptors (Lipinski definition) is 6. The largest absolute Gasteiger partial charge is 0.457 e. The van der Waals surface area contributed by atoms with E-state index in [-0.39, 0.29) is 11.2 Å². The molecule has 3 aromatic carbocycles. The number of para-hydroxylation sites is 1. The first kappa shape index (κ1) is 14.8. The molecule has 0 aliphatic carbocycles. The number of rotatable bonds is 4. The highest BCUT2D eigenvalue weighted by Crippen LogP contribution is 2.33. The zero-order valence-corrected chi connectivity index (χ0v) is 12.8. The molecule has 4 aromatic rings. The van der Waals surface area contributed by atoms with Crippen molar-refractivity contribution in [3.63, 3.8) is 0 Å². The Labute approximate surface area is 141 Å². The zero-order valence-electron chi connectivity index (χ0n) is 12.8. The lowest BCUT2D eigenvalue weighted by Gasteiger charge is -2.07. The van der Waals surface area contributed by atoms with Crippen molar-refractivity contribution < 1.29 is 14.3 Å². The van der Waals surface area contributed by atoms with Gasteiger partial charge in [0, 0.05) is 11.6 Å². The highest BCUT2D eigenvalue weighted by molar-refractivity contribution is 5.96. The molecule has 7 nitrogen and oxygen atoms in total. The van der Waals surface area contributed by atoms with Gasteiger partial charge in [0.25, 0.3) is 0 Å². The van der Waals surface area contributed by atoms with E-state index < -0.39 is 4.92 Å². The summed E-state index contributed by atoms with van der Waals surface area (Å²) in [5.74, 6) is 1.43. The molecule has 0 N–H and O–H groups in total. The van der Waals surface area contributed by atoms with Crippen LogP contribution in [0.3, 0.4) is 0 Å². The zero-order chi connectivity index (χ0) is 17.2. The van der Waals surface area contributed by atoms with Gasteiger partial charge in [0.2, 0.25) is 5.52 Å². The minimum atomic E-state index is -0.507. The molecule has 0 aliphatic rings. The van der Waals surface area contributed by atoms with E-state index in [0.29, 0.717) is 16.8 Å². The van der Waals surface area contributed by atoms with Gasteiger partial charge in [0.05, 0.1) is 4.92 Å². The van der Waals surface area contributed by atoms with Crippen LogP contribution in [0.5, 0.6) is 11.5 Å². The van der Waals surface area contributed by atoms with Gasteiger partial charge < -0.3 is 4.74 Å². The maximum absolute atomic E-state index is 11.1. The van der Waals surface area contributed by atoms with Crippen LogP contribution in [0.1, 0.15) is 0 Å². The Kier molecular flexibility index (Phi) is 3.59. The highest BCUT2D eigenvalue weighted by atomic mass is 16.6. The average molecular weight is 333 g/mol. The number of non-ortho nitro benzene ring substituents is 1. The number of nitro groups is 1. The molecule has 0 saturated carbocycles. The third kappa shape index (κ3) is 2.78. The number of ether oxygens (including phenoxy) is 1. The predicted molar refractivity (Wildman–Crippen MR) is 90.4 cm³/mol. The molecule has 0 amide bonds. The quantitative estimate of drug-likeness (QED) is 0.400. The van der Waals surface area contributed by atoms with Gasteiger partial charge in [-0.1, -0.05) is 30.3 Å². The number of hydrogen-bond donors (Lipinski definition) is 0. The lowest BCUT2D eigenvalue weighted by atomic mass is 10.0. The van der Waals surface area contributed by atoms with Crippen molar-refractivity contribution in [2.75, 3.05) is 0 Å². The minimum Gasteiger partial charge on any atom is -0.457 e. The maximum atomic E-state index is 11.1. The Morgan fingerprint density at radius 2 is 1.52 bits per heavy atom. The summed E-state index contributed by atoms with van der Waals surface area (Å²) >= 11 is 0. The van der Waals surface area contributed by atoms with Crippen LogP contribution in [0, 0.1) is 10.1 Å². The van der Waals surface area contributed by atoms with Crippen molar-refractivity contribution in [3.05, 3.63) is 76.8 Å². The first-order valence-electron chi connectivity index (χ1n) is 7.45. The van der Waals surface area contributed by atoms with Gasteiger partial charge in [-0.2, -0.15) is 0 Å². The molecule has 0 saturated heterocycles. The van der Waals surface area contributed by atoms with Gasteiger partial charge in [0.1, 0.15) is 17.0 Å². The third-order valence-corrected chi connectivity index (χ3v) is 3.74. The van der Waals surface area contributed by atoms with Crippen molar-refractivity contribution in [2.45, 2.75) is 0 Å². The van der Waals surface area contributed by atoms with E-state index in [1.165, 1.54) is 6.07 Å². The fraction of sp³-hybridized carbons (Fsp3) is 0. The molecule has 0 spiro atoms. The number of nitro benzene ring substituents is 1. The molecule has 1 aromatic heterocycles. The highest BCUT2D eigenvalue weighted by Gasteiger charge is 2.20.